The zero-order valence-electron chi connectivity index (χ0n) is 16.0. The molecule has 1 saturated heterocycles. The summed E-state index contributed by atoms with van der Waals surface area (Å²) in [5.74, 6) is 0.679. The number of amides is 1. The van der Waals surface area contributed by atoms with E-state index >= 15 is 0 Å². The van der Waals surface area contributed by atoms with E-state index in [4.69, 9.17) is 9.47 Å². The number of aryl methyl sites for hydroxylation is 1. The minimum Gasteiger partial charge on any atom is -0.496 e. The fourth-order valence-corrected chi connectivity index (χ4v) is 4.17. The molecule has 0 spiro atoms. The highest BCUT2D eigenvalue weighted by molar-refractivity contribution is 7.92. The monoisotopic (exact) mass is 404 g/mol. The second-order valence-electron chi connectivity index (χ2n) is 6.60. The molecule has 8 heteroatoms. The van der Waals surface area contributed by atoms with Gasteiger partial charge < -0.3 is 14.4 Å². The first-order valence-corrected chi connectivity index (χ1v) is 10.5. The van der Waals surface area contributed by atoms with Gasteiger partial charge >= 0.3 is 0 Å². The molecule has 0 saturated carbocycles. The third kappa shape index (κ3) is 4.82. The molecule has 2 aromatic carbocycles. The van der Waals surface area contributed by atoms with Crippen LogP contribution < -0.4 is 9.46 Å². The van der Waals surface area contributed by atoms with Crippen molar-refractivity contribution in [2.45, 2.75) is 18.2 Å². The highest BCUT2D eigenvalue weighted by atomic mass is 32.2. The van der Waals surface area contributed by atoms with Crippen LogP contribution in [0.5, 0.6) is 5.75 Å². The van der Waals surface area contributed by atoms with E-state index in [9.17, 15) is 13.2 Å². The third-order valence-electron chi connectivity index (χ3n) is 4.60. The van der Waals surface area contributed by atoms with Gasteiger partial charge in [-0.3, -0.25) is 9.52 Å². The van der Waals surface area contributed by atoms with Crippen molar-refractivity contribution >= 4 is 21.6 Å². The van der Waals surface area contributed by atoms with E-state index in [2.05, 4.69) is 4.72 Å². The zero-order chi connectivity index (χ0) is 20.1. The van der Waals surface area contributed by atoms with Gasteiger partial charge in [0.25, 0.3) is 10.0 Å². The first-order valence-electron chi connectivity index (χ1n) is 9.01. The number of nitrogens with one attached hydrogen (secondary N) is 1. The molecule has 7 nitrogen and oxygen atoms in total. The number of anilines is 1. The van der Waals surface area contributed by atoms with Crippen LogP contribution in [0.1, 0.15) is 11.1 Å². The van der Waals surface area contributed by atoms with Crippen molar-refractivity contribution in [1.29, 1.82) is 0 Å². The van der Waals surface area contributed by atoms with Crippen LogP contribution in [0.25, 0.3) is 0 Å². The number of methoxy groups -OCH3 is 1. The summed E-state index contributed by atoms with van der Waals surface area (Å²) < 4.78 is 38.2. The van der Waals surface area contributed by atoms with Gasteiger partial charge in [0.1, 0.15) is 5.75 Å². The maximum Gasteiger partial charge on any atom is 0.261 e. The molecule has 150 valence electrons. The fourth-order valence-electron chi connectivity index (χ4n) is 3.02. The Morgan fingerprint density at radius 2 is 1.82 bits per heavy atom. The average Bonchev–Trinajstić information content (AvgIpc) is 2.70. The lowest BCUT2D eigenvalue weighted by atomic mass is 10.1. The Balaban J connectivity index is 1.66. The molecule has 0 bridgehead atoms. The molecule has 0 atom stereocenters. The minimum absolute atomic E-state index is 0.0466. The summed E-state index contributed by atoms with van der Waals surface area (Å²) in [5, 5.41) is 0. The predicted octanol–water partition coefficient (Wildman–Crippen LogP) is 2.21. The first kappa shape index (κ1) is 20.2. The second kappa shape index (κ2) is 8.62. The molecule has 1 fully saturated rings. The van der Waals surface area contributed by atoms with Gasteiger partial charge in [0.2, 0.25) is 5.91 Å². The largest absolute Gasteiger partial charge is 0.496 e. The number of ether oxygens (including phenoxy) is 2. The fraction of sp³-hybridized carbons (Fsp3) is 0.350. The van der Waals surface area contributed by atoms with Crippen LogP contribution in [0.4, 0.5) is 5.69 Å². The Morgan fingerprint density at radius 1 is 1.14 bits per heavy atom. The van der Waals surface area contributed by atoms with E-state index in [0.29, 0.717) is 37.7 Å². The molecule has 1 heterocycles. The van der Waals surface area contributed by atoms with Crippen LogP contribution >= 0.6 is 0 Å². The van der Waals surface area contributed by atoms with Gasteiger partial charge in [-0.2, -0.15) is 0 Å². The summed E-state index contributed by atoms with van der Waals surface area (Å²) in [6.07, 6.45) is 0.282. The van der Waals surface area contributed by atoms with Crippen LogP contribution in [0.3, 0.4) is 0 Å². The van der Waals surface area contributed by atoms with Gasteiger partial charge in [-0.25, -0.2) is 8.42 Å². The molecule has 1 aliphatic rings. The number of carbonyl (C=O) groups excluding carboxylic acids is 1. The topological polar surface area (TPSA) is 84.9 Å². The van der Waals surface area contributed by atoms with Crippen LogP contribution in [0.2, 0.25) is 0 Å². The SMILES string of the molecule is COc1ccc(S(=O)(=O)Nc2ccc(CC(=O)N3CCOCC3)cc2)cc1C. The third-order valence-corrected chi connectivity index (χ3v) is 5.98. The summed E-state index contributed by atoms with van der Waals surface area (Å²) >= 11 is 0. The Kier molecular flexibility index (Phi) is 6.21. The van der Waals surface area contributed by atoms with E-state index in [1.165, 1.54) is 6.07 Å². The van der Waals surface area contributed by atoms with Crippen molar-refractivity contribution in [1.82, 2.24) is 4.90 Å². The van der Waals surface area contributed by atoms with Crippen molar-refractivity contribution < 1.29 is 22.7 Å². The van der Waals surface area contributed by atoms with E-state index in [1.807, 2.05) is 0 Å². The van der Waals surface area contributed by atoms with E-state index in [0.717, 1.165) is 11.1 Å². The molecule has 3 rings (SSSR count). The summed E-state index contributed by atoms with van der Waals surface area (Å²) in [5.41, 5.74) is 2.01. The Labute approximate surface area is 165 Å². The van der Waals surface area contributed by atoms with E-state index in [-0.39, 0.29) is 17.2 Å². The minimum atomic E-state index is -3.71. The number of nitrogens with zero attached hydrogens (tertiary/aromatic N) is 1. The number of benzene rings is 2. The Morgan fingerprint density at radius 3 is 2.43 bits per heavy atom. The summed E-state index contributed by atoms with van der Waals surface area (Å²) in [7, 11) is -2.17. The summed E-state index contributed by atoms with van der Waals surface area (Å²) in [6.45, 7) is 4.14. The lowest BCUT2D eigenvalue weighted by Gasteiger charge is -2.26. The summed E-state index contributed by atoms with van der Waals surface area (Å²) in [4.78, 5) is 14.2. The quantitative estimate of drug-likeness (QED) is 0.798. The van der Waals surface area contributed by atoms with Gasteiger partial charge in [0, 0.05) is 18.8 Å². The number of morpholine rings is 1. The highest BCUT2D eigenvalue weighted by Gasteiger charge is 2.18. The van der Waals surface area contributed by atoms with Gasteiger partial charge in [-0.15, -0.1) is 0 Å². The van der Waals surface area contributed by atoms with Crippen molar-refractivity contribution in [3.8, 4) is 5.75 Å². The molecule has 1 N–H and O–H groups in total. The number of hydrogen-bond donors (Lipinski definition) is 1. The molecular weight excluding hydrogens is 380 g/mol. The van der Waals surface area contributed by atoms with E-state index < -0.39 is 10.0 Å². The predicted molar refractivity (Wildman–Crippen MR) is 106 cm³/mol. The standard InChI is InChI=1S/C20H24N2O5S/c1-15-13-18(7-8-19(15)26-2)28(24,25)21-17-5-3-16(4-6-17)14-20(23)22-9-11-27-12-10-22/h3-8,13,21H,9-12,14H2,1-2H3. The number of sulfonamides is 1. The molecule has 28 heavy (non-hydrogen) atoms. The van der Waals surface area contributed by atoms with Crippen LogP contribution in [-0.4, -0.2) is 52.6 Å². The number of hydrogen-bond acceptors (Lipinski definition) is 5. The van der Waals surface area contributed by atoms with Crippen molar-refractivity contribution in [3.63, 3.8) is 0 Å². The van der Waals surface area contributed by atoms with E-state index in [1.54, 1.807) is 55.3 Å². The average molecular weight is 404 g/mol. The van der Waals surface area contributed by atoms with Crippen LogP contribution in [0.15, 0.2) is 47.4 Å². The summed E-state index contributed by atoms with van der Waals surface area (Å²) in [6, 6.07) is 11.5. The van der Waals surface area contributed by atoms with Crippen molar-refractivity contribution in [2.75, 3.05) is 38.1 Å². The highest BCUT2D eigenvalue weighted by Crippen LogP contribution is 2.23. The second-order valence-corrected chi connectivity index (χ2v) is 8.29. The Hall–Kier alpha value is -2.58. The van der Waals surface area contributed by atoms with Gasteiger partial charge in [-0.1, -0.05) is 12.1 Å². The molecule has 0 unspecified atom stereocenters. The molecular formula is C20H24N2O5S. The maximum atomic E-state index is 12.6. The lowest BCUT2D eigenvalue weighted by molar-refractivity contribution is -0.134. The Bertz CT molecular complexity index is 936. The lowest BCUT2D eigenvalue weighted by Crippen LogP contribution is -2.41. The van der Waals surface area contributed by atoms with Gasteiger partial charge in [0.15, 0.2) is 0 Å². The maximum absolute atomic E-state index is 12.6. The number of carbonyl (C=O) groups is 1. The molecule has 0 aromatic heterocycles. The molecule has 2 aromatic rings. The number of rotatable bonds is 6. The van der Waals surface area contributed by atoms with Crippen LogP contribution in [0, 0.1) is 6.92 Å². The normalized spacial score (nSPS) is 14.6. The van der Waals surface area contributed by atoms with Crippen LogP contribution in [-0.2, 0) is 26.0 Å². The van der Waals surface area contributed by atoms with Crippen molar-refractivity contribution in [2.24, 2.45) is 0 Å². The molecule has 1 amide bonds. The van der Waals surface area contributed by atoms with Gasteiger partial charge in [-0.05, 0) is 48.4 Å². The molecule has 1 aliphatic heterocycles. The molecule has 0 aliphatic carbocycles. The van der Waals surface area contributed by atoms with Gasteiger partial charge in [0.05, 0.1) is 31.6 Å². The molecule has 0 radical (unpaired) electrons. The zero-order valence-corrected chi connectivity index (χ0v) is 16.8. The smallest absolute Gasteiger partial charge is 0.261 e. The van der Waals surface area contributed by atoms with Crippen molar-refractivity contribution in [3.05, 3.63) is 53.6 Å². The first-order chi connectivity index (χ1) is 13.4.